The van der Waals surface area contributed by atoms with E-state index in [0.29, 0.717) is 6.42 Å². The number of hydrogen-bond donors (Lipinski definition) is 1. The van der Waals surface area contributed by atoms with Crippen molar-refractivity contribution in [2.75, 3.05) is 10.8 Å². The van der Waals surface area contributed by atoms with Crippen LogP contribution in [-0.4, -0.2) is 48.7 Å². The van der Waals surface area contributed by atoms with Crippen molar-refractivity contribution in [2.24, 2.45) is 0 Å². The molecule has 3 aromatic rings. The van der Waals surface area contributed by atoms with Crippen molar-refractivity contribution < 1.29 is 22.9 Å². The molecule has 1 saturated carbocycles. The third-order valence-corrected chi connectivity index (χ3v) is 9.31. The molecule has 11 heteroatoms. The highest BCUT2D eigenvalue weighted by Crippen LogP contribution is 2.27. The van der Waals surface area contributed by atoms with Gasteiger partial charge in [-0.05, 0) is 56.0 Å². The van der Waals surface area contributed by atoms with Crippen LogP contribution in [0.3, 0.4) is 0 Å². The molecule has 1 N–H and O–H groups in total. The molecule has 0 aliphatic heterocycles. The SMILES string of the molecule is CC[C@H](C(=O)NC1CCCC1)N(Cc1ccc(C)cc1)C(=O)CN(c1ccc([N+](=O)[O-])cc1)S(=O)(=O)c1ccccc1. The third-order valence-electron chi connectivity index (χ3n) is 7.52. The predicted molar refractivity (Wildman–Crippen MR) is 160 cm³/mol. The number of sulfonamides is 1. The average Bonchev–Trinajstić information content (AvgIpc) is 3.50. The van der Waals surface area contributed by atoms with Crippen LogP contribution in [0.1, 0.15) is 50.2 Å². The van der Waals surface area contributed by atoms with Crippen molar-refractivity contribution >= 4 is 33.2 Å². The summed E-state index contributed by atoms with van der Waals surface area (Å²) in [7, 11) is -4.25. The summed E-state index contributed by atoms with van der Waals surface area (Å²) in [5.74, 6) is -0.834. The number of nitro groups is 1. The molecule has 0 unspecified atom stereocenters. The molecule has 2 amide bonds. The quantitative estimate of drug-likeness (QED) is 0.234. The zero-order valence-electron chi connectivity index (χ0n) is 23.8. The van der Waals surface area contributed by atoms with E-state index in [4.69, 9.17) is 0 Å². The monoisotopic (exact) mass is 592 g/mol. The van der Waals surface area contributed by atoms with Gasteiger partial charge in [0.2, 0.25) is 11.8 Å². The van der Waals surface area contributed by atoms with Gasteiger partial charge in [-0.25, -0.2) is 8.42 Å². The largest absolute Gasteiger partial charge is 0.352 e. The highest BCUT2D eigenvalue weighted by Gasteiger charge is 2.34. The average molecular weight is 593 g/mol. The van der Waals surface area contributed by atoms with Gasteiger partial charge in [-0.15, -0.1) is 0 Å². The summed E-state index contributed by atoms with van der Waals surface area (Å²) in [5.41, 5.74) is 1.73. The Morgan fingerprint density at radius 3 is 2.17 bits per heavy atom. The fourth-order valence-electron chi connectivity index (χ4n) is 5.17. The summed E-state index contributed by atoms with van der Waals surface area (Å²) in [6, 6.07) is 19.5. The molecule has 1 fully saturated rings. The first-order chi connectivity index (χ1) is 20.1. The van der Waals surface area contributed by atoms with Crippen LogP contribution >= 0.6 is 0 Å². The molecule has 222 valence electrons. The smallest absolute Gasteiger partial charge is 0.269 e. The van der Waals surface area contributed by atoms with Gasteiger partial charge in [-0.2, -0.15) is 0 Å². The first-order valence-electron chi connectivity index (χ1n) is 14.1. The van der Waals surface area contributed by atoms with Crippen LogP contribution in [0, 0.1) is 17.0 Å². The second kappa shape index (κ2) is 13.6. The molecule has 0 bridgehead atoms. The fraction of sp³-hybridized carbons (Fsp3) is 0.355. The molecule has 0 saturated heterocycles. The Morgan fingerprint density at radius 2 is 1.60 bits per heavy atom. The molecular weight excluding hydrogens is 556 g/mol. The third kappa shape index (κ3) is 7.33. The molecule has 1 aliphatic rings. The Labute approximate surface area is 246 Å². The number of aryl methyl sites for hydroxylation is 1. The van der Waals surface area contributed by atoms with Crippen LogP contribution in [0.4, 0.5) is 11.4 Å². The second-order valence-electron chi connectivity index (χ2n) is 10.5. The van der Waals surface area contributed by atoms with Gasteiger partial charge in [-0.3, -0.25) is 24.0 Å². The molecule has 10 nitrogen and oxygen atoms in total. The number of non-ortho nitro benzene ring substituents is 1. The Morgan fingerprint density at radius 1 is 0.976 bits per heavy atom. The van der Waals surface area contributed by atoms with Crippen molar-refractivity contribution in [3.63, 3.8) is 0 Å². The van der Waals surface area contributed by atoms with E-state index in [0.717, 1.165) is 41.1 Å². The number of nitrogens with one attached hydrogen (secondary N) is 1. The second-order valence-corrected chi connectivity index (χ2v) is 12.4. The van der Waals surface area contributed by atoms with Crippen LogP contribution < -0.4 is 9.62 Å². The van der Waals surface area contributed by atoms with Crippen LogP contribution in [0.5, 0.6) is 0 Å². The van der Waals surface area contributed by atoms with Crippen LogP contribution in [0.15, 0.2) is 83.8 Å². The number of nitrogens with zero attached hydrogens (tertiary/aromatic N) is 3. The number of amides is 2. The van der Waals surface area contributed by atoms with Gasteiger partial charge < -0.3 is 10.2 Å². The van der Waals surface area contributed by atoms with E-state index in [9.17, 15) is 28.1 Å². The van der Waals surface area contributed by atoms with Gasteiger partial charge in [0.25, 0.3) is 15.7 Å². The van der Waals surface area contributed by atoms with Gasteiger partial charge in [0.15, 0.2) is 0 Å². The number of carbonyl (C=O) groups excluding carboxylic acids is 2. The standard InChI is InChI=1S/C31H36N4O6S/c1-3-29(31(37)32-25-9-7-8-10-25)33(21-24-15-13-23(2)14-16-24)30(36)22-34(26-17-19-27(20-18-26)35(38)39)42(40,41)28-11-5-4-6-12-28/h4-6,11-20,25,29H,3,7-10,21-22H2,1-2H3,(H,32,37)/t29-/m1/s1. The number of nitro benzene ring substituents is 1. The van der Waals surface area contributed by atoms with Crippen molar-refractivity contribution in [3.05, 3.63) is 100 Å². The molecular formula is C31H36N4O6S. The van der Waals surface area contributed by atoms with Gasteiger partial charge in [0.05, 0.1) is 15.5 Å². The number of anilines is 1. The van der Waals surface area contributed by atoms with Crippen LogP contribution in [0.2, 0.25) is 0 Å². The lowest BCUT2D eigenvalue weighted by Crippen LogP contribution is -2.53. The molecule has 1 aliphatic carbocycles. The maximum absolute atomic E-state index is 14.1. The normalized spacial score (nSPS) is 14.2. The Balaban J connectivity index is 1.71. The molecule has 3 aromatic carbocycles. The van der Waals surface area contributed by atoms with E-state index in [2.05, 4.69) is 5.32 Å². The summed E-state index contributed by atoms with van der Waals surface area (Å²) in [6.07, 6.45) is 4.18. The van der Waals surface area contributed by atoms with E-state index in [-0.39, 0.29) is 34.8 Å². The summed E-state index contributed by atoms with van der Waals surface area (Å²) in [4.78, 5) is 39.7. The lowest BCUT2D eigenvalue weighted by molar-refractivity contribution is -0.384. The summed E-state index contributed by atoms with van der Waals surface area (Å²) < 4.78 is 28.6. The maximum Gasteiger partial charge on any atom is 0.269 e. The van der Waals surface area contributed by atoms with Gasteiger partial charge in [0, 0.05) is 24.7 Å². The van der Waals surface area contributed by atoms with E-state index >= 15 is 0 Å². The topological polar surface area (TPSA) is 130 Å². The van der Waals surface area contributed by atoms with E-state index in [1.165, 1.54) is 41.3 Å². The number of benzene rings is 3. The Kier molecular flexibility index (Phi) is 9.95. The maximum atomic E-state index is 14.1. The number of carbonyl (C=O) groups is 2. The van der Waals surface area contributed by atoms with Crippen LogP contribution in [-0.2, 0) is 26.2 Å². The molecule has 0 heterocycles. The van der Waals surface area contributed by atoms with Crippen molar-refractivity contribution in [1.82, 2.24) is 10.2 Å². The summed E-state index contributed by atoms with van der Waals surface area (Å²) in [5, 5.41) is 14.3. The highest BCUT2D eigenvalue weighted by molar-refractivity contribution is 7.92. The lowest BCUT2D eigenvalue weighted by atomic mass is 10.1. The zero-order valence-corrected chi connectivity index (χ0v) is 24.6. The lowest BCUT2D eigenvalue weighted by Gasteiger charge is -2.33. The highest BCUT2D eigenvalue weighted by atomic mass is 32.2. The molecule has 0 aromatic heterocycles. The van der Waals surface area contributed by atoms with E-state index in [1.807, 2.05) is 38.1 Å². The molecule has 1 atom stereocenters. The van der Waals surface area contributed by atoms with Crippen molar-refractivity contribution in [2.45, 2.75) is 69.5 Å². The fourth-order valence-corrected chi connectivity index (χ4v) is 6.60. The van der Waals surface area contributed by atoms with Crippen LogP contribution in [0.25, 0.3) is 0 Å². The number of rotatable bonds is 12. The molecule has 0 radical (unpaired) electrons. The minimum Gasteiger partial charge on any atom is -0.352 e. The van der Waals surface area contributed by atoms with Crippen molar-refractivity contribution in [3.8, 4) is 0 Å². The van der Waals surface area contributed by atoms with Gasteiger partial charge in [0.1, 0.15) is 12.6 Å². The van der Waals surface area contributed by atoms with Crippen molar-refractivity contribution in [1.29, 1.82) is 0 Å². The first-order valence-corrected chi connectivity index (χ1v) is 15.5. The molecule has 0 spiro atoms. The minimum atomic E-state index is -4.25. The first kappa shape index (κ1) is 30.7. The van der Waals surface area contributed by atoms with Gasteiger partial charge >= 0.3 is 0 Å². The Bertz CT molecular complexity index is 1490. The zero-order chi connectivity index (χ0) is 30.3. The molecule has 42 heavy (non-hydrogen) atoms. The summed E-state index contributed by atoms with van der Waals surface area (Å²) >= 11 is 0. The predicted octanol–water partition coefficient (Wildman–Crippen LogP) is 4.96. The summed E-state index contributed by atoms with van der Waals surface area (Å²) in [6.45, 7) is 3.28. The number of hydrogen-bond acceptors (Lipinski definition) is 6. The van der Waals surface area contributed by atoms with E-state index < -0.39 is 33.4 Å². The van der Waals surface area contributed by atoms with Gasteiger partial charge in [-0.1, -0.05) is 67.8 Å². The van der Waals surface area contributed by atoms with E-state index in [1.54, 1.807) is 18.2 Å². The minimum absolute atomic E-state index is 0.0349. The Hall–Kier alpha value is -4.25. The molecule has 4 rings (SSSR count).